The molecule has 1 amide bonds. The van der Waals surface area contributed by atoms with E-state index >= 15 is 0 Å². The van der Waals surface area contributed by atoms with Crippen molar-refractivity contribution >= 4 is 22.6 Å². The van der Waals surface area contributed by atoms with Crippen LogP contribution in [0.3, 0.4) is 0 Å². The normalized spacial score (nSPS) is 15.5. The first-order chi connectivity index (χ1) is 15.8. The van der Waals surface area contributed by atoms with E-state index < -0.39 is 6.04 Å². The molecule has 2 heterocycles. The summed E-state index contributed by atoms with van der Waals surface area (Å²) in [5.74, 6) is 0.239. The number of rotatable bonds is 3. The van der Waals surface area contributed by atoms with Crippen LogP contribution < -0.4 is 10.3 Å². The highest BCUT2D eigenvalue weighted by atomic mass is 16.3. The number of anilines is 1. The van der Waals surface area contributed by atoms with Crippen LogP contribution in [0.1, 0.15) is 69.7 Å². The van der Waals surface area contributed by atoms with E-state index in [0.29, 0.717) is 22.5 Å². The number of carbonyl (C=O) groups is 1. The van der Waals surface area contributed by atoms with Gasteiger partial charge in [0.25, 0.3) is 5.91 Å². The van der Waals surface area contributed by atoms with Crippen molar-refractivity contribution in [3.05, 3.63) is 110 Å². The van der Waals surface area contributed by atoms with Gasteiger partial charge in [-0.2, -0.15) is 0 Å². The molecule has 1 aromatic heterocycles. The summed E-state index contributed by atoms with van der Waals surface area (Å²) in [5.41, 5.74) is 6.71. The molecule has 4 nitrogen and oxygen atoms in total. The van der Waals surface area contributed by atoms with E-state index in [4.69, 9.17) is 4.42 Å². The molecule has 0 fully saturated rings. The average Bonchev–Trinajstić information content (AvgIpc) is 3.08. The topological polar surface area (TPSA) is 50.5 Å². The molecule has 166 valence electrons. The maximum Gasteiger partial charge on any atom is 0.295 e. The molecule has 5 rings (SSSR count). The van der Waals surface area contributed by atoms with Crippen LogP contribution in [0.15, 0.2) is 69.9 Å². The van der Waals surface area contributed by atoms with Crippen LogP contribution >= 0.6 is 0 Å². The Labute approximate surface area is 193 Å². The molecule has 0 radical (unpaired) electrons. The summed E-state index contributed by atoms with van der Waals surface area (Å²) in [6, 6.07) is 19.2. The lowest BCUT2D eigenvalue weighted by molar-refractivity contribution is 0.0971. The molecule has 0 spiro atoms. The molecule has 4 heteroatoms. The SMILES string of the molecule is Cc1ccc(N2C(=O)c3oc4cc(C)c(C)cc4c(=O)c3C2c2ccc(C(C)C)cc2)cc1. The van der Waals surface area contributed by atoms with Crippen LogP contribution in [0.25, 0.3) is 11.0 Å². The number of nitrogens with zero attached hydrogens (tertiary/aromatic N) is 1. The first-order valence-corrected chi connectivity index (χ1v) is 11.3. The van der Waals surface area contributed by atoms with E-state index in [2.05, 4.69) is 26.0 Å². The highest BCUT2D eigenvalue weighted by Crippen LogP contribution is 2.41. The third-order valence-electron chi connectivity index (χ3n) is 6.72. The fourth-order valence-corrected chi connectivity index (χ4v) is 4.58. The van der Waals surface area contributed by atoms with Crippen molar-refractivity contribution in [1.82, 2.24) is 0 Å². The van der Waals surface area contributed by atoms with Crippen LogP contribution in [-0.2, 0) is 0 Å². The van der Waals surface area contributed by atoms with E-state index in [0.717, 1.165) is 27.9 Å². The van der Waals surface area contributed by atoms with Crippen molar-refractivity contribution in [2.45, 2.75) is 46.6 Å². The minimum absolute atomic E-state index is 0.134. The summed E-state index contributed by atoms with van der Waals surface area (Å²) in [6.07, 6.45) is 0. The number of benzene rings is 3. The predicted molar refractivity (Wildman–Crippen MR) is 132 cm³/mol. The van der Waals surface area contributed by atoms with Gasteiger partial charge in [0.05, 0.1) is 17.0 Å². The molecule has 1 aliphatic rings. The number of hydrogen-bond acceptors (Lipinski definition) is 3. The number of amides is 1. The third kappa shape index (κ3) is 3.37. The summed E-state index contributed by atoms with van der Waals surface area (Å²) in [4.78, 5) is 29.2. The Hall–Kier alpha value is -3.66. The minimum Gasteiger partial charge on any atom is -0.450 e. The lowest BCUT2D eigenvalue weighted by atomic mass is 9.94. The molecule has 0 bridgehead atoms. The van der Waals surface area contributed by atoms with Gasteiger partial charge in [0, 0.05) is 5.69 Å². The van der Waals surface area contributed by atoms with Gasteiger partial charge in [-0.05, 0) is 73.2 Å². The second-order valence-electron chi connectivity index (χ2n) is 9.34. The van der Waals surface area contributed by atoms with Crippen LogP contribution in [0, 0.1) is 20.8 Å². The monoisotopic (exact) mass is 437 g/mol. The van der Waals surface area contributed by atoms with Crippen molar-refractivity contribution < 1.29 is 9.21 Å². The number of hydrogen-bond donors (Lipinski definition) is 0. The van der Waals surface area contributed by atoms with Gasteiger partial charge in [-0.3, -0.25) is 14.5 Å². The summed E-state index contributed by atoms with van der Waals surface area (Å²) in [7, 11) is 0. The zero-order chi connectivity index (χ0) is 23.4. The second kappa shape index (κ2) is 7.73. The van der Waals surface area contributed by atoms with Crippen molar-refractivity contribution in [3.63, 3.8) is 0 Å². The van der Waals surface area contributed by atoms with Crippen molar-refractivity contribution in [1.29, 1.82) is 0 Å². The summed E-state index contributed by atoms with van der Waals surface area (Å²) >= 11 is 0. The summed E-state index contributed by atoms with van der Waals surface area (Å²) in [5, 5.41) is 0.513. The fraction of sp³-hybridized carbons (Fsp3) is 0.241. The van der Waals surface area contributed by atoms with Crippen molar-refractivity contribution in [2.24, 2.45) is 0 Å². The van der Waals surface area contributed by atoms with E-state index in [9.17, 15) is 9.59 Å². The van der Waals surface area contributed by atoms with Gasteiger partial charge in [-0.1, -0.05) is 55.8 Å². The van der Waals surface area contributed by atoms with Gasteiger partial charge < -0.3 is 4.42 Å². The zero-order valence-electron chi connectivity index (χ0n) is 19.6. The highest BCUT2D eigenvalue weighted by molar-refractivity contribution is 6.10. The van der Waals surface area contributed by atoms with Crippen LogP contribution in [0.5, 0.6) is 0 Å². The van der Waals surface area contributed by atoms with Crippen LogP contribution in [0.2, 0.25) is 0 Å². The molecular formula is C29H27NO3. The molecule has 1 aliphatic heterocycles. The molecule has 0 aliphatic carbocycles. The largest absolute Gasteiger partial charge is 0.450 e. The Morgan fingerprint density at radius 2 is 1.48 bits per heavy atom. The lowest BCUT2D eigenvalue weighted by Crippen LogP contribution is -2.29. The molecule has 3 aromatic carbocycles. The van der Waals surface area contributed by atoms with Gasteiger partial charge in [0.2, 0.25) is 5.76 Å². The first-order valence-electron chi connectivity index (χ1n) is 11.3. The Morgan fingerprint density at radius 3 is 2.12 bits per heavy atom. The number of aryl methyl sites for hydroxylation is 3. The summed E-state index contributed by atoms with van der Waals surface area (Å²) < 4.78 is 6.13. The molecule has 1 atom stereocenters. The highest BCUT2D eigenvalue weighted by Gasteiger charge is 2.43. The smallest absolute Gasteiger partial charge is 0.295 e. The number of carbonyl (C=O) groups excluding carboxylic acids is 1. The van der Waals surface area contributed by atoms with Gasteiger partial charge >= 0.3 is 0 Å². The van der Waals surface area contributed by atoms with Gasteiger partial charge in [0.1, 0.15) is 5.58 Å². The van der Waals surface area contributed by atoms with Crippen molar-refractivity contribution in [2.75, 3.05) is 4.90 Å². The van der Waals surface area contributed by atoms with Crippen LogP contribution in [0.4, 0.5) is 5.69 Å². The van der Waals surface area contributed by atoms with Crippen molar-refractivity contribution in [3.8, 4) is 0 Å². The maximum atomic E-state index is 13.8. The van der Waals surface area contributed by atoms with Gasteiger partial charge in [0.15, 0.2) is 5.43 Å². The van der Waals surface area contributed by atoms with E-state index in [1.807, 2.05) is 69.3 Å². The first kappa shape index (κ1) is 21.2. The van der Waals surface area contributed by atoms with Crippen LogP contribution in [-0.4, -0.2) is 5.91 Å². The number of fused-ring (bicyclic) bond motifs is 2. The lowest BCUT2D eigenvalue weighted by Gasteiger charge is -2.25. The standard InChI is InChI=1S/C29H27NO3/c1-16(2)20-8-10-21(11-9-20)26-25-27(31)23-14-18(4)19(5)15-24(23)33-28(25)29(32)30(26)22-12-6-17(3)7-13-22/h6-16,26H,1-5H3. The fourth-order valence-electron chi connectivity index (χ4n) is 4.58. The molecule has 0 N–H and O–H groups in total. The average molecular weight is 438 g/mol. The second-order valence-corrected chi connectivity index (χ2v) is 9.34. The van der Waals surface area contributed by atoms with E-state index in [1.54, 1.807) is 4.90 Å². The minimum atomic E-state index is -0.543. The molecular weight excluding hydrogens is 410 g/mol. The predicted octanol–water partition coefficient (Wildman–Crippen LogP) is 6.59. The van der Waals surface area contributed by atoms with Gasteiger partial charge in [-0.25, -0.2) is 0 Å². The Morgan fingerprint density at radius 1 is 0.848 bits per heavy atom. The Bertz CT molecular complexity index is 1440. The molecule has 4 aromatic rings. The maximum absolute atomic E-state index is 13.8. The van der Waals surface area contributed by atoms with E-state index in [-0.39, 0.29) is 17.1 Å². The van der Waals surface area contributed by atoms with Gasteiger partial charge in [-0.15, -0.1) is 0 Å². The molecule has 0 saturated heterocycles. The van der Waals surface area contributed by atoms with E-state index in [1.165, 1.54) is 5.56 Å². The molecule has 0 saturated carbocycles. The molecule has 1 unspecified atom stereocenters. The Kier molecular flexibility index (Phi) is 4.97. The third-order valence-corrected chi connectivity index (χ3v) is 6.72. The Balaban J connectivity index is 1.78. The quantitative estimate of drug-likeness (QED) is 0.363. The molecule has 33 heavy (non-hydrogen) atoms. The summed E-state index contributed by atoms with van der Waals surface area (Å²) in [6.45, 7) is 10.3. The zero-order valence-corrected chi connectivity index (χ0v) is 19.6.